The second kappa shape index (κ2) is 8.88. The Hall–Kier alpha value is -4.36. The van der Waals surface area contributed by atoms with Gasteiger partial charge in [-0.1, -0.05) is 60.7 Å². The Kier molecular flexibility index (Phi) is 5.61. The van der Waals surface area contributed by atoms with Gasteiger partial charge in [-0.3, -0.25) is 10.2 Å². The topological polar surface area (TPSA) is 95.6 Å². The Balaban J connectivity index is 1.90. The molecule has 7 heteroatoms. The molecule has 0 bridgehead atoms. The molecular formula is C27H23N3O4. The Morgan fingerprint density at radius 3 is 2.44 bits per heavy atom. The molecule has 1 heterocycles. The highest BCUT2D eigenvalue weighted by Crippen LogP contribution is 2.42. The van der Waals surface area contributed by atoms with Crippen molar-refractivity contribution in [3.8, 4) is 5.75 Å². The monoisotopic (exact) mass is 453 g/mol. The highest BCUT2D eigenvalue weighted by molar-refractivity contribution is 6.23. The van der Waals surface area contributed by atoms with Crippen LogP contribution in [0.3, 0.4) is 0 Å². The Labute approximate surface area is 195 Å². The van der Waals surface area contributed by atoms with Gasteiger partial charge in [0.25, 0.3) is 5.91 Å². The Bertz CT molecular complexity index is 1540. The number of methoxy groups -OCH3 is 1. The summed E-state index contributed by atoms with van der Waals surface area (Å²) in [6.45, 7) is 0.333. The van der Waals surface area contributed by atoms with E-state index in [-0.39, 0.29) is 6.61 Å². The van der Waals surface area contributed by atoms with E-state index >= 15 is 0 Å². The molecule has 0 saturated carbocycles. The van der Waals surface area contributed by atoms with Crippen LogP contribution in [0.2, 0.25) is 0 Å². The maximum Gasteiger partial charge on any atom is 0.343 e. The SMILES string of the molecule is COC(=O)COc1c2ccccc2cc2c1c1c(C(=O)NN)cccc1n2Cc1ccccc1. The standard InChI is InChI=1S/C27H23N3O4/c1-33-23(31)16-34-26-19-11-6-5-10-18(19)14-22-25(26)24-20(27(32)29-28)12-7-13-21(24)30(22)15-17-8-3-2-4-9-17/h2-14H,15-16,28H2,1H3,(H,29,32). The molecule has 0 radical (unpaired) electrons. The zero-order chi connectivity index (χ0) is 23.7. The average molecular weight is 453 g/mol. The smallest absolute Gasteiger partial charge is 0.343 e. The summed E-state index contributed by atoms with van der Waals surface area (Å²) in [6.07, 6.45) is 0. The molecule has 5 rings (SSSR count). The minimum absolute atomic E-state index is 0.254. The second-order valence-corrected chi connectivity index (χ2v) is 7.93. The van der Waals surface area contributed by atoms with Crippen LogP contribution < -0.4 is 16.0 Å². The van der Waals surface area contributed by atoms with Crippen molar-refractivity contribution in [3.63, 3.8) is 0 Å². The first kappa shape index (κ1) is 21.5. The molecule has 1 aromatic heterocycles. The summed E-state index contributed by atoms with van der Waals surface area (Å²) in [7, 11) is 1.32. The van der Waals surface area contributed by atoms with E-state index in [1.165, 1.54) is 7.11 Å². The van der Waals surface area contributed by atoms with Crippen molar-refractivity contribution >= 4 is 44.5 Å². The van der Waals surface area contributed by atoms with Gasteiger partial charge in [0, 0.05) is 17.3 Å². The zero-order valence-corrected chi connectivity index (χ0v) is 18.6. The third-order valence-corrected chi connectivity index (χ3v) is 5.98. The number of amides is 1. The summed E-state index contributed by atoms with van der Waals surface area (Å²) < 4.78 is 13.0. The number of esters is 1. The number of carbonyl (C=O) groups is 2. The number of nitrogen functional groups attached to an aromatic ring is 1. The number of fused-ring (bicyclic) bond motifs is 4. The first-order chi connectivity index (χ1) is 16.6. The summed E-state index contributed by atoms with van der Waals surface area (Å²) in [5.74, 6) is 5.14. The fraction of sp³-hybridized carbons (Fsp3) is 0.111. The van der Waals surface area contributed by atoms with Crippen LogP contribution in [0, 0.1) is 0 Å². The summed E-state index contributed by atoms with van der Waals surface area (Å²) in [5, 5.41) is 3.24. The number of hydrogen-bond acceptors (Lipinski definition) is 5. The van der Waals surface area contributed by atoms with Gasteiger partial charge in [-0.05, 0) is 29.1 Å². The number of nitrogens with two attached hydrogens (primary N) is 1. The lowest BCUT2D eigenvalue weighted by Gasteiger charge is -2.13. The largest absolute Gasteiger partial charge is 0.481 e. The van der Waals surface area contributed by atoms with Gasteiger partial charge in [-0.2, -0.15) is 0 Å². The Morgan fingerprint density at radius 1 is 0.912 bits per heavy atom. The van der Waals surface area contributed by atoms with Crippen LogP contribution in [0.15, 0.2) is 78.9 Å². The number of benzene rings is 4. The second-order valence-electron chi connectivity index (χ2n) is 7.93. The van der Waals surface area contributed by atoms with E-state index in [1.807, 2.05) is 54.6 Å². The van der Waals surface area contributed by atoms with E-state index in [2.05, 4.69) is 28.2 Å². The quantitative estimate of drug-likeness (QED) is 0.174. The number of hydrazine groups is 1. The van der Waals surface area contributed by atoms with E-state index in [0.717, 1.165) is 32.8 Å². The molecule has 0 aliphatic carbocycles. The lowest BCUT2D eigenvalue weighted by molar-refractivity contribution is -0.142. The summed E-state index contributed by atoms with van der Waals surface area (Å²) in [4.78, 5) is 24.7. The van der Waals surface area contributed by atoms with Gasteiger partial charge in [-0.25, -0.2) is 10.6 Å². The van der Waals surface area contributed by atoms with Gasteiger partial charge >= 0.3 is 5.97 Å². The molecule has 7 nitrogen and oxygen atoms in total. The molecule has 0 aliphatic rings. The van der Waals surface area contributed by atoms with E-state index in [0.29, 0.717) is 23.2 Å². The van der Waals surface area contributed by atoms with E-state index in [4.69, 9.17) is 15.3 Å². The first-order valence-electron chi connectivity index (χ1n) is 10.8. The molecule has 0 saturated heterocycles. The molecule has 170 valence electrons. The third-order valence-electron chi connectivity index (χ3n) is 5.98. The number of carbonyl (C=O) groups excluding carboxylic acids is 2. The molecule has 4 aromatic carbocycles. The fourth-order valence-corrected chi connectivity index (χ4v) is 4.46. The van der Waals surface area contributed by atoms with Crippen LogP contribution in [-0.2, 0) is 16.1 Å². The van der Waals surface area contributed by atoms with E-state index in [1.54, 1.807) is 6.07 Å². The van der Waals surface area contributed by atoms with Gasteiger partial charge in [0.2, 0.25) is 0 Å². The van der Waals surface area contributed by atoms with Crippen molar-refractivity contribution in [2.24, 2.45) is 5.84 Å². The molecule has 34 heavy (non-hydrogen) atoms. The minimum Gasteiger partial charge on any atom is -0.481 e. The zero-order valence-electron chi connectivity index (χ0n) is 18.6. The van der Waals surface area contributed by atoms with Crippen molar-refractivity contribution in [1.82, 2.24) is 9.99 Å². The van der Waals surface area contributed by atoms with Gasteiger partial charge in [0.15, 0.2) is 6.61 Å². The molecule has 3 N–H and O–H groups in total. The minimum atomic E-state index is -0.492. The highest BCUT2D eigenvalue weighted by atomic mass is 16.6. The van der Waals surface area contributed by atoms with Crippen molar-refractivity contribution in [2.45, 2.75) is 6.54 Å². The molecule has 0 spiro atoms. The number of aromatic nitrogens is 1. The first-order valence-corrected chi connectivity index (χ1v) is 10.8. The summed E-state index contributed by atoms with van der Waals surface area (Å²) >= 11 is 0. The Morgan fingerprint density at radius 2 is 1.68 bits per heavy atom. The lowest BCUT2D eigenvalue weighted by Crippen LogP contribution is -2.30. The maximum atomic E-state index is 12.8. The van der Waals surface area contributed by atoms with Crippen molar-refractivity contribution in [2.75, 3.05) is 13.7 Å². The number of ether oxygens (including phenoxy) is 2. The van der Waals surface area contributed by atoms with Crippen molar-refractivity contribution in [1.29, 1.82) is 0 Å². The normalized spacial score (nSPS) is 11.1. The van der Waals surface area contributed by atoms with Crippen LogP contribution in [0.25, 0.3) is 32.6 Å². The van der Waals surface area contributed by atoms with E-state index in [9.17, 15) is 9.59 Å². The molecule has 0 unspecified atom stereocenters. The number of nitrogens with zero attached hydrogens (tertiary/aromatic N) is 1. The molecule has 0 aliphatic heterocycles. The fourth-order valence-electron chi connectivity index (χ4n) is 4.46. The predicted octanol–water partition coefficient (Wildman–Crippen LogP) is 4.15. The van der Waals surface area contributed by atoms with Crippen molar-refractivity contribution < 1.29 is 19.1 Å². The highest BCUT2D eigenvalue weighted by Gasteiger charge is 2.23. The number of nitrogens with one attached hydrogen (secondary N) is 1. The van der Waals surface area contributed by atoms with Crippen LogP contribution in [0.1, 0.15) is 15.9 Å². The number of hydrogen-bond donors (Lipinski definition) is 2. The predicted molar refractivity (Wildman–Crippen MR) is 132 cm³/mol. The van der Waals surface area contributed by atoms with Gasteiger partial charge in [0.1, 0.15) is 5.75 Å². The molecule has 0 atom stereocenters. The molecular weight excluding hydrogens is 430 g/mol. The molecule has 0 fully saturated rings. The lowest BCUT2D eigenvalue weighted by atomic mass is 10.0. The number of rotatable bonds is 6. The third kappa shape index (κ3) is 3.62. The summed E-state index contributed by atoms with van der Waals surface area (Å²) in [5.41, 5.74) is 5.53. The maximum absolute atomic E-state index is 12.8. The van der Waals surface area contributed by atoms with Gasteiger partial charge in [0.05, 0.1) is 29.1 Å². The van der Waals surface area contributed by atoms with E-state index < -0.39 is 11.9 Å². The molecule has 1 amide bonds. The molecule has 5 aromatic rings. The van der Waals surface area contributed by atoms with Crippen LogP contribution in [0.5, 0.6) is 5.75 Å². The van der Waals surface area contributed by atoms with Crippen LogP contribution in [-0.4, -0.2) is 30.2 Å². The van der Waals surface area contributed by atoms with Gasteiger partial charge in [-0.15, -0.1) is 0 Å². The van der Waals surface area contributed by atoms with Crippen LogP contribution >= 0.6 is 0 Å². The summed E-state index contributed by atoms with van der Waals surface area (Å²) in [6, 6.07) is 25.5. The van der Waals surface area contributed by atoms with Crippen LogP contribution in [0.4, 0.5) is 0 Å². The average Bonchev–Trinajstić information content (AvgIpc) is 3.19. The van der Waals surface area contributed by atoms with Gasteiger partial charge < -0.3 is 14.0 Å². The van der Waals surface area contributed by atoms with Crippen molar-refractivity contribution in [3.05, 3.63) is 90.0 Å².